The summed E-state index contributed by atoms with van der Waals surface area (Å²) in [5.74, 6) is 0.346. The molecule has 2 aromatic rings. The van der Waals surface area contributed by atoms with Gasteiger partial charge in [0.25, 0.3) is 0 Å². The van der Waals surface area contributed by atoms with Gasteiger partial charge in [0.1, 0.15) is 0 Å². The molecule has 0 aliphatic heterocycles. The molecule has 2 N–H and O–H groups in total. The minimum absolute atomic E-state index is 0.132. The van der Waals surface area contributed by atoms with Gasteiger partial charge in [-0.2, -0.15) is 4.98 Å². The second-order valence-electron chi connectivity index (χ2n) is 3.53. The lowest BCUT2D eigenvalue weighted by molar-refractivity contribution is 0.432. The fourth-order valence-electron chi connectivity index (χ4n) is 1.20. The van der Waals surface area contributed by atoms with E-state index in [1.807, 2.05) is 13.8 Å². The molecular weight excluding hydrogens is 240 g/mol. The number of anilines is 1. The van der Waals surface area contributed by atoms with Gasteiger partial charge in [0.2, 0.25) is 0 Å². The van der Waals surface area contributed by atoms with Gasteiger partial charge in [-0.25, -0.2) is 0 Å². The molecule has 0 radical (unpaired) electrons. The van der Waals surface area contributed by atoms with Crippen LogP contribution in [-0.4, -0.2) is 15.2 Å². The van der Waals surface area contributed by atoms with Crippen molar-refractivity contribution in [3.05, 3.63) is 34.6 Å². The first-order chi connectivity index (χ1) is 8.08. The molecule has 0 atom stereocenters. The highest BCUT2D eigenvalue weighted by molar-refractivity contribution is 6.32. The third-order valence-corrected chi connectivity index (χ3v) is 2.56. The Morgan fingerprint density at radius 1 is 1.18 bits per heavy atom. The lowest BCUT2D eigenvalue weighted by Gasteiger charge is -2.08. The van der Waals surface area contributed by atoms with Crippen LogP contribution in [0.25, 0.3) is 0 Å². The number of hydrogen-bond donors (Lipinski definition) is 1. The SMILES string of the molecule is Cc1nnc(Oc2c(N)cccc2Cl)nc1C. The Morgan fingerprint density at radius 2 is 1.94 bits per heavy atom. The molecule has 1 heterocycles. The van der Waals surface area contributed by atoms with Crippen LogP contribution in [0, 0.1) is 13.8 Å². The Labute approximate surface area is 104 Å². The third kappa shape index (κ3) is 2.45. The van der Waals surface area contributed by atoms with Gasteiger partial charge in [-0.15, -0.1) is 5.10 Å². The van der Waals surface area contributed by atoms with Crippen molar-refractivity contribution in [2.75, 3.05) is 5.73 Å². The molecule has 17 heavy (non-hydrogen) atoms. The van der Waals surface area contributed by atoms with E-state index < -0.39 is 0 Å². The molecule has 6 heteroatoms. The number of rotatable bonds is 2. The molecule has 0 aliphatic rings. The summed E-state index contributed by atoms with van der Waals surface area (Å²) in [7, 11) is 0. The number of aryl methyl sites for hydroxylation is 2. The van der Waals surface area contributed by atoms with E-state index in [2.05, 4.69) is 15.2 Å². The van der Waals surface area contributed by atoms with Crippen LogP contribution < -0.4 is 10.5 Å². The average Bonchev–Trinajstić information content (AvgIpc) is 2.28. The number of benzene rings is 1. The van der Waals surface area contributed by atoms with Crippen molar-refractivity contribution >= 4 is 17.3 Å². The summed E-state index contributed by atoms with van der Waals surface area (Å²) in [4.78, 5) is 4.14. The molecule has 0 aliphatic carbocycles. The molecule has 0 bridgehead atoms. The number of nitrogens with zero attached hydrogens (tertiary/aromatic N) is 3. The standard InChI is InChI=1S/C11H11ClN4O/c1-6-7(2)15-16-11(14-6)17-10-8(12)4-3-5-9(10)13/h3-5H,13H2,1-2H3. The zero-order valence-corrected chi connectivity index (χ0v) is 10.2. The number of nitrogen functional groups attached to an aromatic ring is 1. The van der Waals surface area contributed by atoms with E-state index in [4.69, 9.17) is 22.1 Å². The van der Waals surface area contributed by atoms with Gasteiger partial charge < -0.3 is 10.5 Å². The molecule has 0 saturated heterocycles. The van der Waals surface area contributed by atoms with Crippen LogP contribution in [0.3, 0.4) is 0 Å². The average molecular weight is 251 g/mol. The Hall–Kier alpha value is -1.88. The number of hydrogen-bond acceptors (Lipinski definition) is 5. The minimum Gasteiger partial charge on any atom is -0.419 e. The smallest absolute Gasteiger partial charge is 0.341 e. The fraction of sp³-hybridized carbons (Fsp3) is 0.182. The van der Waals surface area contributed by atoms with Crippen molar-refractivity contribution < 1.29 is 4.74 Å². The normalized spacial score (nSPS) is 10.3. The zero-order chi connectivity index (χ0) is 12.4. The summed E-state index contributed by atoms with van der Waals surface area (Å²) in [6.45, 7) is 3.65. The van der Waals surface area contributed by atoms with Crippen molar-refractivity contribution in [2.45, 2.75) is 13.8 Å². The van der Waals surface area contributed by atoms with E-state index in [1.165, 1.54) is 0 Å². The molecule has 88 valence electrons. The predicted octanol–water partition coefficient (Wildman–Crippen LogP) is 2.52. The second-order valence-corrected chi connectivity index (χ2v) is 3.93. The first kappa shape index (κ1) is 11.6. The van der Waals surface area contributed by atoms with Crippen LogP contribution in [0.1, 0.15) is 11.4 Å². The predicted molar refractivity (Wildman–Crippen MR) is 65.2 cm³/mol. The number of nitrogens with two attached hydrogens (primary N) is 1. The van der Waals surface area contributed by atoms with Gasteiger partial charge in [0.05, 0.1) is 22.1 Å². The Bertz CT molecular complexity index is 539. The maximum Gasteiger partial charge on any atom is 0.341 e. The van der Waals surface area contributed by atoms with Crippen molar-refractivity contribution in [2.24, 2.45) is 0 Å². The fourth-order valence-corrected chi connectivity index (χ4v) is 1.43. The Kier molecular flexibility index (Phi) is 3.10. The molecule has 5 nitrogen and oxygen atoms in total. The summed E-state index contributed by atoms with van der Waals surface area (Å²) in [6, 6.07) is 5.24. The van der Waals surface area contributed by atoms with Crippen LogP contribution in [0.2, 0.25) is 5.02 Å². The molecular formula is C11H11ClN4O. The summed E-state index contributed by atoms with van der Waals surface area (Å²) in [5, 5.41) is 8.14. The lowest BCUT2D eigenvalue weighted by atomic mass is 10.3. The molecule has 0 amide bonds. The van der Waals surface area contributed by atoms with Crippen LogP contribution in [0.15, 0.2) is 18.2 Å². The van der Waals surface area contributed by atoms with E-state index in [0.717, 1.165) is 11.4 Å². The van der Waals surface area contributed by atoms with Gasteiger partial charge >= 0.3 is 6.01 Å². The van der Waals surface area contributed by atoms with Crippen molar-refractivity contribution in [1.29, 1.82) is 0 Å². The number of ether oxygens (including phenoxy) is 1. The summed E-state index contributed by atoms with van der Waals surface area (Å²) < 4.78 is 5.43. The molecule has 0 unspecified atom stereocenters. The highest BCUT2D eigenvalue weighted by Gasteiger charge is 2.10. The second kappa shape index (κ2) is 4.55. The molecule has 2 rings (SSSR count). The topological polar surface area (TPSA) is 73.9 Å². The highest BCUT2D eigenvalue weighted by atomic mass is 35.5. The van der Waals surface area contributed by atoms with Crippen LogP contribution in [0.4, 0.5) is 5.69 Å². The highest BCUT2D eigenvalue weighted by Crippen LogP contribution is 2.33. The number of aromatic nitrogens is 3. The molecule has 0 fully saturated rings. The molecule has 1 aromatic heterocycles. The van der Waals surface area contributed by atoms with Gasteiger partial charge in [0, 0.05) is 0 Å². The van der Waals surface area contributed by atoms with Crippen molar-refractivity contribution in [3.8, 4) is 11.8 Å². The largest absolute Gasteiger partial charge is 0.419 e. The summed E-state index contributed by atoms with van der Waals surface area (Å²) in [5.41, 5.74) is 7.69. The lowest BCUT2D eigenvalue weighted by Crippen LogP contribution is -2.01. The van der Waals surface area contributed by atoms with E-state index in [1.54, 1.807) is 18.2 Å². The van der Waals surface area contributed by atoms with Gasteiger partial charge in [-0.3, -0.25) is 0 Å². The monoisotopic (exact) mass is 250 g/mol. The Balaban J connectivity index is 2.35. The van der Waals surface area contributed by atoms with Crippen LogP contribution in [-0.2, 0) is 0 Å². The van der Waals surface area contributed by atoms with E-state index >= 15 is 0 Å². The quantitative estimate of drug-likeness (QED) is 0.829. The minimum atomic E-state index is 0.132. The number of halogens is 1. The molecule has 0 saturated carbocycles. The van der Waals surface area contributed by atoms with E-state index in [-0.39, 0.29) is 6.01 Å². The number of para-hydroxylation sites is 1. The van der Waals surface area contributed by atoms with Crippen molar-refractivity contribution in [1.82, 2.24) is 15.2 Å². The van der Waals surface area contributed by atoms with Crippen LogP contribution in [0.5, 0.6) is 11.8 Å². The van der Waals surface area contributed by atoms with Gasteiger partial charge in [-0.05, 0) is 26.0 Å². The first-order valence-electron chi connectivity index (χ1n) is 4.97. The van der Waals surface area contributed by atoms with Crippen molar-refractivity contribution in [3.63, 3.8) is 0 Å². The summed E-state index contributed by atoms with van der Waals surface area (Å²) in [6.07, 6.45) is 0. The maximum absolute atomic E-state index is 5.97. The Morgan fingerprint density at radius 3 is 2.59 bits per heavy atom. The van der Waals surface area contributed by atoms with Gasteiger partial charge in [-0.1, -0.05) is 22.8 Å². The summed E-state index contributed by atoms with van der Waals surface area (Å²) >= 11 is 5.97. The molecule has 1 aromatic carbocycles. The first-order valence-corrected chi connectivity index (χ1v) is 5.35. The maximum atomic E-state index is 5.97. The third-order valence-electron chi connectivity index (χ3n) is 2.26. The zero-order valence-electron chi connectivity index (χ0n) is 9.44. The van der Waals surface area contributed by atoms with Gasteiger partial charge in [0.15, 0.2) is 5.75 Å². The van der Waals surface area contributed by atoms with E-state index in [9.17, 15) is 0 Å². The molecule has 0 spiro atoms. The van der Waals surface area contributed by atoms with Crippen LogP contribution >= 0.6 is 11.6 Å². The van der Waals surface area contributed by atoms with E-state index in [0.29, 0.717) is 16.5 Å².